The molecule has 120 valence electrons. The third kappa shape index (κ3) is 4.11. The zero-order chi connectivity index (χ0) is 16.9. The van der Waals surface area contributed by atoms with Gasteiger partial charge in [0.05, 0.1) is 19.9 Å². The van der Waals surface area contributed by atoms with E-state index in [-0.39, 0.29) is 28.7 Å². The number of aliphatic carboxylic acids is 1. The van der Waals surface area contributed by atoms with Gasteiger partial charge >= 0.3 is 5.97 Å². The highest BCUT2D eigenvalue weighted by Gasteiger charge is 2.20. The number of carbonyl (C=O) groups excluding carboxylic acids is 2. The van der Waals surface area contributed by atoms with Crippen molar-refractivity contribution < 1.29 is 29.0 Å². The van der Waals surface area contributed by atoms with Crippen molar-refractivity contribution in [3.8, 4) is 11.5 Å². The molecule has 1 aromatic rings. The van der Waals surface area contributed by atoms with Gasteiger partial charge in [-0.05, 0) is 19.1 Å². The van der Waals surface area contributed by atoms with Crippen molar-refractivity contribution in [2.24, 2.45) is 0 Å². The Morgan fingerprint density at radius 1 is 1.18 bits per heavy atom. The fourth-order valence-corrected chi connectivity index (χ4v) is 1.72. The number of methoxy groups -OCH3 is 2. The van der Waals surface area contributed by atoms with E-state index in [1.165, 1.54) is 40.2 Å². The van der Waals surface area contributed by atoms with E-state index in [0.29, 0.717) is 0 Å². The van der Waals surface area contributed by atoms with Crippen LogP contribution in [-0.4, -0.2) is 43.2 Å². The quantitative estimate of drug-likeness (QED) is 0.718. The minimum Gasteiger partial charge on any atom is -0.493 e. The number of ether oxygens (including phenoxy) is 2. The van der Waals surface area contributed by atoms with Gasteiger partial charge in [0.25, 0.3) is 5.91 Å². The zero-order valence-corrected chi connectivity index (χ0v) is 12.7. The first-order valence-corrected chi connectivity index (χ1v) is 6.37. The van der Waals surface area contributed by atoms with Crippen molar-refractivity contribution in [2.45, 2.75) is 19.9 Å². The van der Waals surface area contributed by atoms with Crippen LogP contribution in [0.25, 0.3) is 0 Å². The van der Waals surface area contributed by atoms with Crippen LogP contribution in [0.15, 0.2) is 12.1 Å². The maximum Gasteiger partial charge on any atom is 0.325 e. The van der Waals surface area contributed by atoms with E-state index in [2.05, 4.69) is 10.6 Å². The minimum absolute atomic E-state index is 0.134. The van der Waals surface area contributed by atoms with Crippen molar-refractivity contribution in [2.75, 3.05) is 19.5 Å². The number of carboxylic acid groups (broad SMARTS) is 1. The number of hydrogen-bond acceptors (Lipinski definition) is 5. The Balaban J connectivity index is 3.22. The lowest BCUT2D eigenvalue weighted by Crippen LogP contribution is -2.38. The molecule has 0 spiro atoms. The molecule has 8 heteroatoms. The molecule has 0 aromatic heterocycles. The predicted octanol–water partition coefficient (Wildman–Crippen LogP) is 0.865. The Bertz CT molecular complexity index is 599. The van der Waals surface area contributed by atoms with Gasteiger partial charge in [-0.2, -0.15) is 0 Å². The first kappa shape index (κ1) is 17.3. The van der Waals surface area contributed by atoms with Crippen molar-refractivity contribution in [1.82, 2.24) is 5.32 Å². The Hall–Kier alpha value is -2.77. The molecular formula is C14H18N2O6. The summed E-state index contributed by atoms with van der Waals surface area (Å²) in [6.45, 7) is 2.65. The monoisotopic (exact) mass is 310 g/mol. The SMILES string of the molecule is COc1cc(C(=O)N[C@H](C)C(=O)O)cc(NC(C)=O)c1OC. The van der Waals surface area contributed by atoms with Crippen molar-refractivity contribution in [3.63, 3.8) is 0 Å². The molecular weight excluding hydrogens is 292 g/mol. The van der Waals surface area contributed by atoms with E-state index in [9.17, 15) is 14.4 Å². The first-order chi connectivity index (χ1) is 10.3. The summed E-state index contributed by atoms with van der Waals surface area (Å²) < 4.78 is 10.3. The normalized spacial score (nSPS) is 11.3. The second-order valence-electron chi connectivity index (χ2n) is 4.47. The summed E-state index contributed by atoms with van der Waals surface area (Å²) in [5.41, 5.74) is 0.386. The number of rotatable bonds is 6. The summed E-state index contributed by atoms with van der Waals surface area (Å²) in [5.74, 6) is -1.61. The van der Waals surface area contributed by atoms with Gasteiger partial charge in [-0.3, -0.25) is 14.4 Å². The average Bonchev–Trinajstić information content (AvgIpc) is 2.45. The van der Waals surface area contributed by atoms with Gasteiger partial charge < -0.3 is 25.2 Å². The Kier molecular flexibility index (Phi) is 5.73. The molecule has 0 bridgehead atoms. The van der Waals surface area contributed by atoms with Crippen molar-refractivity contribution >= 4 is 23.5 Å². The molecule has 0 aliphatic carbocycles. The molecule has 0 heterocycles. The number of anilines is 1. The Labute approximate surface area is 127 Å². The summed E-state index contributed by atoms with van der Waals surface area (Å²) in [5, 5.41) is 13.7. The molecule has 1 atom stereocenters. The zero-order valence-electron chi connectivity index (χ0n) is 12.7. The Morgan fingerprint density at radius 2 is 1.82 bits per heavy atom. The molecule has 0 unspecified atom stereocenters. The Morgan fingerprint density at radius 3 is 2.27 bits per heavy atom. The molecule has 0 saturated carbocycles. The molecule has 22 heavy (non-hydrogen) atoms. The van der Waals surface area contributed by atoms with E-state index in [0.717, 1.165) is 0 Å². The molecule has 0 radical (unpaired) electrons. The highest BCUT2D eigenvalue weighted by Crippen LogP contribution is 2.36. The van der Waals surface area contributed by atoms with Gasteiger partial charge in [0.1, 0.15) is 6.04 Å². The molecule has 8 nitrogen and oxygen atoms in total. The van der Waals surface area contributed by atoms with E-state index >= 15 is 0 Å². The molecule has 0 saturated heterocycles. The van der Waals surface area contributed by atoms with Gasteiger partial charge in [-0.1, -0.05) is 0 Å². The van der Waals surface area contributed by atoms with Crippen LogP contribution >= 0.6 is 0 Å². The number of carboxylic acids is 1. The molecule has 0 fully saturated rings. The van der Waals surface area contributed by atoms with Gasteiger partial charge in [-0.15, -0.1) is 0 Å². The van der Waals surface area contributed by atoms with Crippen LogP contribution < -0.4 is 20.1 Å². The molecule has 0 aliphatic rings. The van der Waals surface area contributed by atoms with Gasteiger partial charge in [0.15, 0.2) is 11.5 Å². The smallest absolute Gasteiger partial charge is 0.325 e. The van der Waals surface area contributed by atoms with Gasteiger partial charge in [0, 0.05) is 12.5 Å². The van der Waals surface area contributed by atoms with Crippen molar-refractivity contribution in [3.05, 3.63) is 17.7 Å². The van der Waals surface area contributed by atoms with Crippen LogP contribution in [0.5, 0.6) is 11.5 Å². The predicted molar refractivity (Wildman–Crippen MR) is 78.4 cm³/mol. The van der Waals surface area contributed by atoms with Crippen LogP contribution in [0.3, 0.4) is 0 Å². The topological polar surface area (TPSA) is 114 Å². The lowest BCUT2D eigenvalue weighted by Gasteiger charge is -2.16. The second kappa shape index (κ2) is 7.30. The lowest BCUT2D eigenvalue weighted by atomic mass is 10.1. The second-order valence-corrected chi connectivity index (χ2v) is 4.47. The highest BCUT2D eigenvalue weighted by atomic mass is 16.5. The summed E-state index contributed by atoms with van der Waals surface area (Å²) in [6.07, 6.45) is 0. The molecule has 2 amide bonds. The highest BCUT2D eigenvalue weighted by molar-refractivity contribution is 6.00. The maximum absolute atomic E-state index is 12.1. The molecule has 0 aliphatic heterocycles. The van der Waals surface area contributed by atoms with E-state index < -0.39 is 17.9 Å². The first-order valence-electron chi connectivity index (χ1n) is 6.37. The lowest BCUT2D eigenvalue weighted by molar-refractivity contribution is -0.138. The third-order valence-corrected chi connectivity index (χ3v) is 2.77. The number of hydrogen-bond donors (Lipinski definition) is 3. The van der Waals surface area contributed by atoms with Crippen LogP contribution in [0.4, 0.5) is 5.69 Å². The largest absolute Gasteiger partial charge is 0.493 e. The number of benzene rings is 1. The number of amides is 2. The van der Waals surface area contributed by atoms with Gasteiger partial charge in [0.2, 0.25) is 5.91 Å². The number of carbonyl (C=O) groups is 3. The third-order valence-electron chi connectivity index (χ3n) is 2.77. The summed E-state index contributed by atoms with van der Waals surface area (Å²) in [7, 11) is 2.78. The minimum atomic E-state index is -1.16. The summed E-state index contributed by atoms with van der Waals surface area (Å²) >= 11 is 0. The summed E-state index contributed by atoms with van der Waals surface area (Å²) in [4.78, 5) is 34.1. The van der Waals surface area contributed by atoms with Crippen LogP contribution in [0.1, 0.15) is 24.2 Å². The molecule has 1 rings (SSSR count). The van der Waals surface area contributed by atoms with Crippen LogP contribution in [-0.2, 0) is 9.59 Å². The van der Waals surface area contributed by atoms with Crippen LogP contribution in [0, 0.1) is 0 Å². The fraction of sp³-hybridized carbons (Fsp3) is 0.357. The molecule has 1 aromatic carbocycles. The van der Waals surface area contributed by atoms with Crippen molar-refractivity contribution in [1.29, 1.82) is 0 Å². The summed E-state index contributed by atoms with van der Waals surface area (Å²) in [6, 6.07) is 1.73. The van der Waals surface area contributed by atoms with E-state index in [1.54, 1.807) is 0 Å². The standard InChI is InChI=1S/C14H18N2O6/c1-7(14(19)20)15-13(18)9-5-10(16-8(2)17)12(22-4)11(6-9)21-3/h5-7H,1-4H3,(H,15,18)(H,16,17)(H,19,20)/t7-/m1/s1. The van der Waals surface area contributed by atoms with Gasteiger partial charge in [-0.25, -0.2) is 0 Å². The van der Waals surface area contributed by atoms with E-state index in [4.69, 9.17) is 14.6 Å². The average molecular weight is 310 g/mol. The maximum atomic E-state index is 12.1. The molecule has 3 N–H and O–H groups in total. The van der Waals surface area contributed by atoms with Crippen LogP contribution in [0.2, 0.25) is 0 Å². The fourth-order valence-electron chi connectivity index (χ4n) is 1.72. The van der Waals surface area contributed by atoms with E-state index in [1.807, 2.05) is 0 Å². The number of nitrogens with one attached hydrogen (secondary N) is 2.